The zero-order valence-corrected chi connectivity index (χ0v) is 12.3. The Morgan fingerprint density at radius 2 is 2.06 bits per heavy atom. The Balaban J connectivity index is 2.63. The van der Waals surface area contributed by atoms with Crippen molar-refractivity contribution < 1.29 is 0 Å². The van der Waals surface area contributed by atoms with Crippen LogP contribution in [0.3, 0.4) is 0 Å². The van der Waals surface area contributed by atoms with Crippen molar-refractivity contribution in [3.63, 3.8) is 0 Å². The summed E-state index contributed by atoms with van der Waals surface area (Å²) in [4.78, 5) is 2.21. The standard InChI is InChI=1S/C14H24N4/c1-11-12(7-13(8-15)18(11)6)9-16-10-14(2,3)17(4)5/h7,16H,9-10H2,1-6H3. The van der Waals surface area contributed by atoms with E-state index in [1.807, 2.05) is 17.7 Å². The Morgan fingerprint density at radius 1 is 1.44 bits per heavy atom. The van der Waals surface area contributed by atoms with Gasteiger partial charge in [0.1, 0.15) is 11.8 Å². The van der Waals surface area contributed by atoms with E-state index in [-0.39, 0.29) is 5.54 Å². The lowest BCUT2D eigenvalue weighted by Gasteiger charge is -2.32. The highest BCUT2D eigenvalue weighted by Crippen LogP contribution is 2.14. The van der Waals surface area contributed by atoms with Gasteiger partial charge in [-0.05, 0) is 46.5 Å². The van der Waals surface area contributed by atoms with Crippen molar-refractivity contribution in [2.75, 3.05) is 20.6 Å². The molecule has 1 aromatic heterocycles. The van der Waals surface area contributed by atoms with Crippen LogP contribution in [0, 0.1) is 18.3 Å². The summed E-state index contributed by atoms with van der Waals surface area (Å²) in [7, 11) is 6.10. The first-order chi connectivity index (χ1) is 8.29. The molecule has 1 aromatic rings. The van der Waals surface area contributed by atoms with Gasteiger partial charge in [-0.3, -0.25) is 0 Å². The Hall–Kier alpha value is -1.31. The molecule has 1 N–H and O–H groups in total. The average molecular weight is 248 g/mol. The Labute approximate surface area is 110 Å². The number of aromatic nitrogens is 1. The molecule has 0 fully saturated rings. The predicted molar refractivity (Wildman–Crippen MR) is 74.3 cm³/mol. The molecule has 0 radical (unpaired) electrons. The molecule has 0 atom stereocenters. The van der Waals surface area contributed by atoms with Gasteiger partial charge >= 0.3 is 0 Å². The lowest BCUT2D eigenvalue weighted by atomic mass is 10.0. The van der Waals surface area contributed by atoms with Crippen LogP contribution >= 0.6 is 0 Å². The third-order valence-corrected chi connectivity index (χ3v) is 3.84. The summed E-state index contributed by atoms with van der Waals surface area (Å²) in [6.07, 6.45) is 0. The second-order valence-corrected chi connectivity index (χ2v) is 5.62. The Bertz CT molecular complexity index is 449. The average Bonchev–Trinajstić information content (AvgIpc) is 2.56. The molecule has 0 aliphatic carbocycles. The van der Waals surface area contributed by atoms with Gasteiger partial charge in [0.15, 0.2) is 0 Å². The first kappa shape index (κ1) is 14.7. The van der Waals surface area contributed by atoms with Crippen molar-refractivity contribution in [2.24, 2.45) is 7.05 Å². The van der Waals surface area contributed by atoms with E-state index < -0.39 is 0 Å². The highest BCUT2D eigenvalue weighted by Gasteiger charge is 2.19. The molecular weight excluding hydrogens is 224 g/mol. The van der Waals surface area contributed by atoms with Crippen LogP contribution < -0.4 is 5.32 Å². The number of likely N-dealkylation sites (N-methyl/N-ethyl adjacent to an activating group) is 1. The van der Waals surface area contributed by atoms with Crippen molar-refractivity contribution in [2.45, 2.75) is 32.9 Å². The van der Waals surface area contributed by atoms with Crippen molar-refractivity contribution in [3.05, 3.63) is 23.0 Å². The lowest BCUT2D eigenvalue weighted by molar-refractivity contribution is 0.189. The van der Waals surface area contributed by atoms with Crippen LogP contribution in [0.2, 0.25) is 0 Å². The molecule has 0 aromatic carbocycles. The summed E-state index contributed by atoms with van der Waals surface area (Å²) in [6, 6.07) is 4.17. The molecule has 0 saturated carbocycles. The van der Waals surface area contributed by atoms with Gasteiger partial charge in [0, 0.05) is 31.4 Å². The van der Waals surface area contributed by atoms with Crippen molar-refractivity contribution >= 4 is 0 Å². The van der Waals surface area contributed by atoms with Crippen LogP contribution in [-0.2, 0) is 13.6 Å². The lowest BCUT2D eigenvalue weighted by Crippen LogP contribution is -2.46. The zero-order valence-electron chi connectivity index (χ0n) is 12.3. The molecule has 0 aliphatic rings. The molecule has 4 heteroatoms. The topological polar surface area (TPSA) is 44.0 Å². The van der Waals surface area contributed by atoms with Crippen LogP contribution in [0.5, 0.6) is 0 Å². The molecule has 4 nitrogen and oxygen atoms in total. The Morgan fingerprint density at radius 3 is 2.50 bits per heavy atom. The van der Waals surface area contributed by atoms with Crippen LogP contribution in [0.1, 0.15) is 30.8 Å². The third-order valence-electron chi connectivity index (χ3n) is 3.84. The smallest absolute Gasteiger partial charge is 0.120 e. The summed E-state index contributed by atoms with van der Waals surface area (Å²) in [6.45, 7) is 8.18. The van der Waals surface area contributed by atoms with E-state index in [9.17, 15) is 0 Å². The summed E-state index contributed by atoms with van der Waals surface area (Å²) in [5.41, 5.74) is 3.20. The van der Waals surface area contributed by atoms with Gasteiger partial charge in [-0.2, -0.15) is 5.26 Å². The summed E-state index contributed by atoms with van der Waals surface area (Å²) in [5.74, 6) is 0. The van der Waals surface area contributed by atoms with Gasteiger partial charge in [-0.25, -0.2) is 0 Å². The van der Waals surface area contributed by atoms with Crippen molar-refractivity contribution in [1.82, 2.24) is 14.8 Å². The molecular formula is C14H24N4. The maximum Gasteiger partial charge on any atom is 0.120 e. The molecule has 0 aliphatic heterocycles. The van der Waals surface area contributed by atoms with Gasteiger partial charge in [0.2, 0.25) is 0 Å². The second-order valence-electron chi connectivity index (χ2n) is 5.62. The number of nitrogens with one attached hydrogen (secondary N) is 1. The summed E-state index contributed by atoms with van der Waals surface area (Å²) < 4.78 is 1.94. The highest BCUT2D eigenvalue weighted by atomic mass is 15.2. The zero-order chi connectivity index (χ0) is 13.9. The van der Waals surface area contributed by atoms with Crippen LogP contribution in [-0.4, -0.2) is 35.6 Å². The molecule has 0 amide bonds. The Kier molecular flexibility index (Phi) is 4.55. The number of hydrogen-bond donors (Lipinski definition) is 1. The largest absolute Gasteiger partial charge is 0.340 e. The molecule has 18 heavy (non-hydrogen) atoms. The normalized spacial score (nSPS) is 11.9. The SMILES string of the molecule is Cc1c(CNCC(C)(C)N(C)C)cc(C#N)n1C. The molecule has 0 unspecified atom stereocenters. The van der Waals surface area contributed by atoms with Gasteiger partial charge < -0.3 is 14.8 Å². The molecule has 0 bridgehead atoms. The van der Waals surface area contributed by atoms with Gasteiger partial charge in [-0.15, -0.1) is 0 Å². The molecule has 100 valence electrons. The minimum atomic E-state index is 0.126. The molecule has 0 spiro atoms. The maximum atomic E-state index is 8.99. The van der Waals surface area contributed by atoms with Crippen LogP contribution in [0.25, 0.3) is 0 Å². The first-order valence-corrected chi connectivity index (χ1v) is 6.23. The fourth-order valence-electron chi connectivity index (χ4n) is 1.71. The summed E-state index contributed by atoms with van der Waals surface area (Å²) in [5, 5.41) is 12.5. The van der Waals surface area contributed by atoms with E-state index in [0.717, 1.165) is 24.5 Å². The van der Waals surface area contributed by atoms with E-state index in [4.69, 9.17) is 5.26 Å². The highest BCUT2D eigenvalue weighted by molar-refractivity contribution is 5.34. The minimum absolute atomic E-state index is 0.126. The maximum absolute atomic E-state index is 8.99. The number of nitrogens with zero attached hydrogens (tertiary/aromatic N) is 3. The van der Waals surface area contributed by atoms with Gasteiger partial charge in [0.25, 0.3) is 0 Å². The van der Waals surface area contributed by atoms with E-state index in [1.54, 1.807) is 0 Å². The second kappa shape index (κ2) is 5.55. The van der Waals surface area contributed by atoms with E-state index in [2.05, 4.69) is 51.2 Å². The molecule has 1 heterocycles. The van der Waals surface area contributed by atoms with Gasteiger partial charge in [-0.1, -0.05) is 0 Å². The first-order valence-electron chi connectivity index (χ1n) is 6.23. The van der Waals surface area contributed by atoms with E-state index in [0.29, 0.717) is 0 Å². The summed E-state index contributed by atoms with van der Waals surface area (Å²) >= 11 is 0. The van der Waals surface area contributed by atoms with E-state index in [1.165, 1.54) is 5.56 Å². The fraction of sp³-hybridized carbons (Fsp3) is 0.643. The minimum Gasteiger partial charge on any atom is -0.340 e. The number of nitriles is 1. The number of hydrogen-bond acceptors (Lipinski definition) is 3. The van der Waals surface area contributed by atoms with Crippen LogP contribution in [0.4, 0.5) is 0 Å². The van der Waals surface area contributed by atoms with E-state index >= 15 is 0 Å². The van der Waals surface area contributed by atoms with Gasteiger partial charge in [0.05, 0.1) is 0 Å². The monoisotopic (exact) mass is 248 g/mol. The fourth-order valence-corrected chi connectivity index (χ4v) is 1.71. The number of rotatable bonds is 5. The molecule has 0 saturated heterocycles. The quantitative estimate of drug-likeness (QED) is 0.861. The van der Waals surface area contributed by atoms with Crippen LogP contribution in [0.15, 0.2) is 6.07 Å². The van der Waals surface area contributed by atoms with Crippen molar-refractivity contribution in [3.8, 4) is 6.07 Å². The predicted octanol–water partition coefficient (Wildman–Crippen LogP) is 1.63. The third kappa shape index (κ3) is 3.12. The van der Waals surface area contributed by atoms with Crippen molar-refractivity contribution in [1.29, 1.82) is 5.26 Å². The molecule has 1 rings (SSSR count).